The first-order valence-corrected chi connectivity index (χ1v) is 9.43. The molecule has 0 saturated carbocycles. The molecule has 0 bridgehead atoms. The summed E-state index contributed by atoms with van der Waals surface area (Å²) in [6, 6.07) is 11.5. The van der Waals surface area contributed by atoms with E-state index < -0.39 is 0 Å². The van der Waals surface area contributed by atoms with Crippen molar-refractivity contribution in [2.24, 2.45) is 0 Å². The van der Waals surface area contributed by atoms with Crippen molar-refractivity contribution in [1.82, 2.24) is 10.2 Å². The minimum Gasteiger partial charge on any atom is -0.309 e. The van der Waals surface area contributed by atoms with Crippen molar-refractivity contribution < 1.29 is 0 Å². The summed E-state index contributed by atoms with van der Waals surface area (Å²) < 4.78 is 0. The molecule has 0 spiro atoms. The van der Waals surface area contributed by atoms with Crippen molar-refractivity contribution in [3.8, 4) is 0 Å². The van der Waals surface area contributed by atoms with Gasteiger partial charge in [0.25, 0.3) is 0 Å². The Balaban J connectivity index is 1.99. The zero-order valence-corrected chi connectivity index (χ0v) is 14.6. The van der Waals surface area contributed by atoms with E-state index >= 15 is 0 Å². The summed E-state index contributed by atoms with van der Waals surface area (Å²) in [6.45, 7) is 10.4. The van der Waals surface area contributed by atoms with Gasteiger partial charge in [0.15, 0.2) is 0 Å². The van der Waals surface area contributed by atoms with Gasteiger partial charge in [0.2, 0.25) is 0 Å². The average molecular weight is 307 g/mol. The van der Waals surface area contributed by atoms with Gasteiger partial charge in [0.1, 0.15) is 0 Å². The third-order valence-electron chi connectivity index (χ3n) is 4.65. The van der Waals surface area contributed by atoms with E-state index in [9.17, 15) is 0 Å². The fourth-order valence-corrected chi connectivity index (χ4v) is 3.69. The largest absolute Gasteiger partial charge is 0.309 e. The molecule has 1 fully saturated rings. The highest BCUT2D eigenvalue weighted by molar-refractivity contribution is 7.99. The van der Waals surface area contributed by atoms with E-state index in [4.69, 9.17) is 0 Å². The first-order chi connectivity index (χ1) is 10.2. The third kappa shape index (κ3) is 5.01. The van der Waals surface area contributed by atoms with Crippen molar-refractivity contribution in [3.63, 3.8) is 0 Å². The van der Waals surface area contributed by atoms with Gasteiger partial charge in [-0.15, -0.1) is 0 Å². The average Bonchev–Trinajstić information content (AvgIpc) is 2.51. The van der Waals surface area contributed by atoms with Gasteiger partial charge in [-0.2, -0.15) is 11.8 Å². The van der Waals surface area contributed by atoms with Crippen molar-refractivity contribution in [2.45, 2.75) is 45.2 Å². The zero-order valence-electron chi connectivity index (χ0n) is 13.8. The maximum Gasteiger partial charge on any atom is 0.0278 e. The summed E-state index contributed by atoms with van der Waals surface area (Å²) in [5.74, 6) is 2.47. The van der Waals surface area contributed by atoms with Crippen LogP contribution in [0.25, 0.3) is 0 Å². The van der Waals surface area contributed by atoms with Crippen LogP contribution < -0.4 is 5.32 Å². The number of hydrogen-bond acceptors (Lipinski definition) is 3. The molecule has 2 nitrogen and oxygen atoms in total. The molecule has 1 saturated heterocycles. The molecule has 0 aliphatic carbocycles. The van der Waals surface area contributed by atoms with Crippen LogP contribution in [0.1, 0.15) is 32.8 Å². The molecule has 1 aromatic carbocycles. The van der Waals surface area contributed by atoms with Crippen LogP contribution in [0.15, 0.2) is 30.3 Å². The smallest absolute Gasteiger partial charge is 0.0278 e. The Kier molecular flexibility index (Phi) is 6.59. The second-order valence-corrected chi connectivity index (χ2v) is 7.70. The molecule has 1 aromatic rings. The Morgan fingerprint density at radius 3 is 2.71 bits per heavy atom. The zero-order chi connectivity index (χ0) is 15.1. The van der Waals surface area contributed by atoms with Crippen LogP contribution in [0.3, 0.4) is 0 Å². The molecular weight excluding hydrogens is 276 g/mol. The molecule has 21 heavy (non-hydrogen) atoms. The highest BCUT2D eigenvalue weighted by atomic mass is 32.2. The molecule has 0 aromatic heterocycles. The number of hydrogen-bond donors (Lipinski definition) is 1. The summed E-state index contributed by atoms with van der Waals surface area (Å²) in [6.07, 6.45) is 2.35. The van der Waals surface area contributed by atoms with Gasteiger partial charge in [0, 0.05) is 37.0 Å². The van der Waals surface area contributed by atoms with Crippen LogP contribution in [0.5, 0.6) is 0 Å². The molecule has 1 aliphatic heterocycles. The van der Waals surface area contributed by atoms with Crippen LogP contribution in [0, 0.1) is 0 Å². The van der Waals surface area contributed by atoms with Gasteiger partial charge < -0.3 is 5.32 Å². The lowest BCUT2D eigenvalue weighted by Crippen LogP contribution is -2.63. The highest BCUT2D eigenvalue weighted by Crippen LogP contribution is 2.21. The molecule has 3 heteroatoms. The lowest BCUT2D eigenvalue weighted by Gasteiger charge is -2.46. The Bertz CT molecular complexity index is 409. The van der Waals surface area contributed by atoms with Crippen LogP contribution in [0.2, 0.25) is 0 Å². The Hall–Kier alpha value is -0.510. The second kappa shape index (κ2) is 8.21. The van der Waals surface area contributed by atoms with Crippen LogP contribution in [0.4, 0.5) is 0 Å². The fourth-order valence-electron chi connectivity index (χ4n) is 3.04. The van der Waals surface area contributed by atoms with Crippen molar-refractivity contribution >= 4 is 11.8 Å². The van der Waals surface area contributed by atoms with E-state index in [1.807, 2.05) is 0 Å². The summed E-state index contributed by atoms with van der Waals surface area (Å²) in [7, 11) is 0. The van der Waals surface area contributed by atoms with Crippen molar-refractivity contribution in [3.05, 3.63) is 35.9 Å². The van der Waals surface area contributed by atoms with Gasteiger partial charge in [0.05, 0.1) is 0 Å². The summed E-state index contributed by atoms with van der Waals surface area (Å²) >= 11 is 2.06. The predicted octanol–water partition coefficient (Wildman–Crippen LogP) is 3.42. The first kappa shape index (κ1) is 16.9. The third-order valence-corrected chi connectivity index (χ3v) is 5.53. The summed E-state index contributed by atoms with van der Waals surface area (Å²) in [4.78, 5) is 2.72. The minimum absolute atomic E-state index is 0.282. The minimum atomic E-state index is 0.282. The SMILES string of the molecule is CCSCCN1CC(C)(CC)NCC1Cc1ccccc1. The molecule has 1 heterocycles. The van der Waals surface area contributed by atoms with Crippen molar-refractivity contribution in [2.75, 3.05) is 31.1 Å². The molecule has 2 rings (SSSR count). The summed E-state index contributed by atoms with van der Waals surface area (Å²) in [5.41, 5.74) is 1.74. The number of benzene rings is 1. The molecule has 1 aliphatic rings. The Morgan fingerprint density at radius 1 is 1.29 bits per heavy atom. The van der Waals surface area contributed by atoms with Gasteiger partial charge in [-0.1, -0.05) is 44.2 Å². The Morgan fingerprint density at radius 2 is 2.05 bits per heavy atom. The predicted molar refractivity (Wildman–Crippen MR) is 95.2 cm³/mol. The number of nitrogens with zero attached hydrogens (tertiary/aromatic N) is 1. The van der Waals surface area contributed by atoms with Crippen LogP contribution in [-0.2, 0) is 6.42 Å². The standard InChI is InChI=1S/C18H30N2S/c1-4-18(3)15-20(11-12-21-5-2)17(14-19-18)13-16-9-7-6-8-10-16/h6-10,17,19H,4-5,11-15H2,1-3H3. The number of nitrogens with one attached hydrogen (secondary N) is 1. The highest BCUT2D eigenvalue weighted by Gasteiger charge is 2.34. The van der Waals surface area contributed by atoms with Crippen LogP contribution in [-0.4, -0.2) is 47.6 Å². The lowest BCUT2D eigenvalue weighted by molar-refractivity contribution is 0.0905. The van der Waals surface area contributed by atoms with Crippen LogP contribution >= 0.6 is 11.8 Å². The van der Waals surface area contributed by atoms with E-state index in [1.54, 1.807) is 0 Å². The van der Waals surface area contributed by atoms with E-state index in [-0.39, 0.29) is 5.54 Å². The number of thioether (sulfide) groups is 1. The molecule has 2 unspecified atom stereocenters. The molecule has 1 N–H and O–H groups in total. The summed E-state index contributed by atoms with van der Waals surface area (Å²) in [5, 5.41) is 3.79. The quantitative estimate of drug-likeness (QED) is 0.777. The van der Waals surface area contributed by atoms with Gasteiger partial charge in [-0.3, -0.25) is 4.90 Å². The van der Waals surface area contributed by atoms with E-state index in [0.29, 0.717) is 6.04 Å². The van der Waals surface area contributed by atoms with Crippen molar-refractivity contribution in [1.29, 1.82) is 0 Å². The molecule has 2 atom stereocenters. The molecule has 118 valence electrons. The molecular formula is C18H30N2S. The normalized spacial score (nSPS) is 26.9. The number of piperazine rings is 1. The maximum absolute atomic E-state index is 3.79. The molecule has 0 amide bonds. The fraction of sp³-hybridized carbons (Fsp3) is 0.667. The Labute approximate surface area is 134 Å². The van der Waals surface area contributed by atoms with E-state index in [2.05, 4.69) is 73.1 Å². The lowest BCUT2D eigenvalue weighted by atomic mass is 9.91. The van der Waals surface area contributed by atoms with E-state index in [0.717, 1.165) is 13.0 Å². The topological polar surface area (TPSA) is 15.3 Å². The van der Waals surface area contributed by atoms with Gasteiger partial charge in [-0.05, 0) is 31.1 Å². The monoisotopic (exact) mass is 306 g/mol. The molecule has 0 radical (unpaired) electrons. The second-order valence-electron chi connectivity index (χ2n) is 6.31. The first-order valence-electron chi connectivity index (χ1n) is 8.27. The number of rotatable bonds is 7. The van der Waals surface area contributed by atoms with E-state index in [1.165, 1.54) is 36.6 Å². The van der Waals surface area contributed by atoms with Gasteiger partial charge in [-0.25, -0.2) is 0 Å². The maximum atomic E-state index is 3.79. The van der Waals surface area contributed by atoms with Gasteiger partial charge >= 0.3 is 0 Å².